The molecule has 1 fully saturated rings. The van der Waals surface area contributed by atoms with Gasteiger partial charge in [-0.15, -0.1) is 0 Å². The highest BCUT2D eigenvalue weighted by Gasteiger charge is 2.31. The van der Waals surface area contributed by atoms with Gasteiger partial charge in [-0.1, -0.05) is 13.5 Å². The predicted octanol–water partition coefficient (Wildman–Crippen LogP) is 1.80. The van der Waals surface area contributed by atoms with Crippen molar-refractivity contribution in [2.75, 3.05) is 19.6 Å². The van der Waals surface area contributed by atoms with Crippen molar-refractivity contribution in [3.05, 3.63) is 12.4 Å². The molecular weight excluding hydrogens is 207 g/mol. The average Bonchev–Trinajstić information content (AvgIpc) is 2.26. The van der Waals surface area contributed by atoms with Gasteiger partial charge in [-0.2, -0.15) is 0 Å². The van der Waals surface area contributed by atoms with Gasteiger partial charge in [0.15, 0.2) is 5.83 Å². The van der Waals surface area contributed by atoms with E-state index < -0.39 is 11.7 Å². The van der Waals surface area contributed by atoms with Crippen LogP contribution in [0.15, 0.2) is 12.4 Å². The van der Waals surface area contributed by atoms with Crippen LogP contribution in [0.4, 0.5) is 4.39 Å². The van der Waals surface area contributed by atoms with Crippen molar-refractivity contribution in [1.82, 2.24) is 9.80 Å². The normalized spacial score (nSPS) is 22.6. The fraction of sp³-hybridized carbons (Fsp3) is 0.750. The van der Waals surface area contributed by atoms with Gasteiger partial charge in [-0.25, -0.2) is 4.39 Å². The topological polar surface area (TPSA) is 23.6 Å². The summed E-state index contributed by atoms with van der Waals surface area (Å²) in [5.41, 5.74) is 0. The highest BCUT2D eigenvalue weighted by Crippen LogP contribution is 2.17. The second-order valence-electron chi connectivity index (χ2n) is 4.55. The molecule has 1 rings (SSSR count). The Labute approximate surface area is 96.9 Å². The first-order chi connectivity index (χ1) is 7.47. The molecule has 4 heteroatoms. The van der Waals surface area contributed by atoms with E-state index in [9.17, 15) is 9.18 Å². The Bertz CT molecular complexity index is 278. The smallest absolute Gasteiger partial charge is 0.282 e. The van der Waals surface area contributed by atoms with Gasteiger partial charge >= 0.3 is 0 Å². The highest BCUT2D eigenvalue weighted by atomic mass is 19.1. The van der Waals surface area contributed by atoms with Crippen molar-refractivity contribution in [1.29, 1.82) is 0 Å². The van der Waals surface area contributed by atoms with E-state index in [4.69, 9.17) is 0 Å². The zero-order valence-corrected chi connectivity index (χ0v) is 10.4. The van der Waals surface area contributed by atoms with Crippen molar-refractivity contribution in [3.63, 3.8) is 0 Å². The van der Waals surface area contributed by atoms with Crippen molar-refractivity contribution in [2.45, 2.75) is 39.3 Å². The molecule has 1 amide bonds. The third-order valence-electron chi connectivity index (χ3n) is 3.21. The van der Waals surface area contributed by atoms with E-state index in [1.54, 1.807) is 4.90 Å². The van der Waals surface area contributed by atoms with Crippen LogP contribution >= 0.6 is 0 Å². The predicted molar refractivity (Wildman–Crippen MR) is 62.7 cm³/mol. The number of carbonyl (C=O) groups excluding carboxylic acids is 1. The summed E-state index contributed by atoms with van der Waals surface area (Å²) in [6.45, 7) is 11.6. The molecule has 0 aromatic heterocycles. The first kappa shape index (κ1) is 13.2. The van der Waals surface area contributed by atoms with Crippen LogP contribution in [-0.2, 0) is 4.79 Å². The van der Waals surface area contributed by atoms with Crippen LogP contribution in [0, 0.1) is 0 Å². The SMILES string of the molecule is C=C(F)C(=O)N1CCN(C(C)C)C[C@H]1CC. The molecule has 1 aliphatic rings. The largest absolute Gasteiger partial charge is 0.331 e. The van der Waals surface area contributed by atoms with E-state index in [1.807, 2.05) is 6.92 Å². The summed E-state index contributed by atoms with van der Waals surface area (Å²) in [7, 11) is 0. The number of hydrogen-bond acceptors (Lipinski definition) is 2. The molecular formula is C12H21FN2O. The second kappa shape index (κ2) is 5.43. The Morgan fingerprint density at radius 1 is 1.50 bits per heavy atom. The summed E-state index contributed by atoms with van der Waals surface area (Å²) in [6, 6.07) is 0.580. The monoisotopic (exact) mass is 228 g/mol. The number of piperazine rings is 1. The van der Waals surface area contributed by atoms with Gasteiger partial charge in [0.1, 0.15) is 0 Å². The number of hydrogen-bond donors (Lipinski definition) is 0. The zero-order chi connectivity index (χ0) is 12.3. The maximum absolute atomic E-state index is 12.8. The Hall–Kier alpha value is -0.900. The molecule has 16 heavy (non-hydrogen) atoms. The van der Waals surface area contributed by atoms with Crippen LogP contribution in [0.3, 0.4) is 0 Å². The minimum Gasteiger partial charge on any atom is -0.331 e. The van der Waals surface area contributed by atoms with E-state index in [1.165, 1.54) is 0 Å². The molecule has 0 radical (unpaired) electrons. The lowest BCUT2D eigenvalue weighted by Crippen LogP contribution is -2.56. The molecule has 3 nitrogen and oxygen atoms in total. The highest BCUT2D eigenvalue weighted by molar-refractivity contribution is 5.90. The van der Waals surface area contributed by atoms with Gasteiger partial charge in [0.25, 0.3) is 5.91 Å². The Balaban J connectivity index is 2.69. The van der Waals surface area contributed by atoms with Crippen LogP contribution in [0.1, 0.15) is 27.2 Å². The summed E-state index contributed by atoms with van der Waals surface area (Å²) in [5.74, 6) is -1.40. The maximum atomic E-state index is 12.8. The molecule has 0 unspecified atom stereocenters. The fourth-order valence-electron chi connectivity index (χ4n) is 2.12. The quantitative estimate of drug-likeness (QED) is 0.688. The van der Waals surface area contributed by atoms with Crippen molar-refractivity contribution < 1.29 is 9.18 Å². The van der Waals surface area contributed by atoms with Crippen LogP contribution in [0.25, 0.3) is 0 Å². The second-order valence-corrected chi connectivity index (χ2v) is 4.55. The number of halogens is 1. The van der Waals surface area contributed by atoms with Crippen LogP contribution in [-0.4, -0.2) is 47.4 Å². The molecule has 92 valence electrons. The third kappa shape index (κ3) is 2.82. The molecule has 0 aliphatic carbocycles. The lowest BCUT2D eigenvalue weighted by molar-refractivity contribution is -0.134. The van der Waals surface area contributed by atoms with Crippen molar-refractivity contribution in [2.24, 2.45) is 0 Å². The zero-order valence-electron chi connectivity index (χ0n) is 10.4. The first-order valence-corrected chi connectivity index (χ1v) is 5.86. The molecule has 0 aromatic rings. The number of amides is 1. The lowest BCUT2D eigenvalue weighted by Gasteiger charge is -2.42. The third-order valence-corrected chi connectivity index (χ3v) is 3.21. The van der Waals surface area contributed by atoms with E-state index in [0.29, 0.717) is 12.6 Å². The maximum Gasteiger partial charge on any atom is 0.282 e. The molecule has 0 spiro atoms. The first-order valence-electron chi connectivity index (χ1n) is 5.86. The van der Waals surface area contributed by atoms with E-state index in [2.05, 4.69) is 25.3 Å². The summed E-state index contributed by atoms with van der Waals surface area (Å²) in [4.78, 5) is 15.5. The van der Waals surface area contributed by atoms with E-state index in [-0.39, 0.29) is 6.04 Å². The van der Waals surface area contributed by atoms with Gasteiger partial charge in [0, 0.05) is 31.7 Å². The molecule has 1 saturated heterocycles. The molecule has 0 N–H and O–H groups in total. The van der Waals surface area contributed by atoms with Gasteiger partial charge in [-0.3, -0.25) is 9.69 Å². The van der Waals surface area contributed by atoms with Crippen LogP contribution < -0.4 is 0 Å². The van der Waals surface area contributed by atoms with E-state index >= 15 is 0 Å². The minimum absolute atomic E-state index is 0.108. The van der Waals surface area contributed by atoms with Crippen molar-refractivity contribution >= 4 is 5.91 Å². The van der Waals surface area contributed by atoms with Gasteiger partial charge in [0.2, 0.25) is 0 Å². The standard InChI is InChI=1S/C12H21FN2O/c1-5-11-8-14(9(2)3)6-7-15(11)12(16)10(4)13/h9,11H,4-8H2,1-3H3/t11-/m1/s1. The summed E-state index contributed by atoms with van der Waals surface area (Å²) >= 11 is 0. The Kier molecular flexibility index (Phi) is 4.47. The molecule has 1 atom stereocenters. The number of carbonyl (C=O) groups is 1. The molecule has 0 aromatic carbocycles. The Morgan fingerprint density at radius 2 is 2.12 bits per heavy atom. The van der Waals surface area contributed by atoms with Crippen LogP contribution in [0.5, 0.6) is 0 Å². The Morgan fingerprint density at radius 3 is 2.56 bits per heavy atom. The molecule has 1 aliphatic heterocycles. The summed E-state index contributed by atoms with van der Waals surface area (Å²) in [5, 5.41) is 0. The molecule has 0 saturated carbocycles. The summed E-state index contributed by atoms with van der Waals surface area (Å²) < 4.78 is 12.8. The van der Waals surface area contributed by atoms with Crippen molar-refractivity contribution in [3.8, 4) is 0 Å². The lowest BCUT2D eigenvalue weighted by atomic mass is 10.1. The molecule has 0 bridgehead atoms. The fourth-order valence-corrected chi connectivity index (χ4v) is 2.12. The van der Waals surface area contributed by atoms with Gasteiger partial charge in [0.05, 0.1) is 0 Å². The van der Waals surface area contributed by atoms with E-state index in [0.717, 1.165) is 19.5 Å². The average molecular weight is 228 g/mol. The molecule has 1 heterocycles. The summed E-state index contributed by atoms with van der Waals surface area (Å²) in [6.07, 6.45) is 0.849. The number of rotatable bonds is 3. The van der Waals surface area contributed by atoms with Gasteiger partial charge < -0.3 is 4.90 Å². The number of nitrogens with zero attached hydrogens (tertiary/aromatic N) is 2. The van der Waals surface area contributed by atoms with Crippen LogP contribution in [0.2, 0.25) is 0 Å². The van der Waals surface area contributed by atoms with Gasteiger partial charge in [-0.05, 0) is 20.3 Å². The minimum atomic E-state index is -0.851.